The van der Waals surface area contributed by atoms with Gasteiger partial charge in [0.25, 0.3) is 0 Å². The number of aliphatic carboxylic acids is 1. The minimum absolute atomic E-state index is 0.0104. The lowest BCUT2D eigenvalue weighted by molar-refractivity contribution is -0.137. The number of aliphatic hydroxyl groups excluding tert-OH is 2. The molecule has 174 valence electrons. The van der Waals surface area contributed by atoms with E-state index in [1.807, 2.05) is 24.3 Å². The third-order valence-electron chi connectivity index (χ3n) is 6.17. The van der Waals surface area contributed by atoms with E-state index < -0.39 is 24.2 Å². The Labute approximate surface area is 188 Å². The molecule has 1 fully saturated rings. The largest absolute Gasteiger partial charge is 0.496 e. The fourth-order valence-corrected chi connectivity index (χ4v) is 5.51. The highest BCUT2D eigenvalue weighted by atomic mass is 32.2. The fourth-order valence-electron chi connectivity index (χ4n) is 4.50. The first-order chi connectivity index (χ1) is 15.0. The minimum atomic E-state index is -0.770. The number of carbonyl (C=O) groups is 1. The van der Waals surface area contributed by atoms with Gasteiger partial charge in [-0.2, -0.15) is 4.91 Å². The highest BCUT2D eigenvalue weighted by Gasteiger charge is 2.42. The Hall–Kier alpha value is -1.64. The number of thioether (sulfide) groups is 1. The number of hydrogen-bond donors (Lipinski definition) is 3. The van der Waals surface area contributed by atoms with Crippen LogP contribution in [0.3, 0.4) is 0 Å². The van der Waals surface area contributed by atoms with E-state index in [0.29, 0.717) is 31.4 Å². The summed E-state index contributed by atoms with van der Waals surface area (Å²) in [5.74, 6) is 0.540. The molecule has 0 saturated heterocycles. The van der Waals surface area contributed by atoms with Crippen molar-refractivity contribution in [2.24, 2.45) is 17.0 Å². The van der Waals surface area contributed by atoms with Gasteiger partial charge in [0.1, 0.15) is 5.75 Å². The van der Waals surface area contributed by atoms with Gasteiger partial charge in [-0.3, -0.25) is 4.79 Å². The van der Waals surface area contributed by atoms with E-state index in [9.17, 15) is 19.9 Å². The van der Waals surface area contributed by atoms with E-state index in [2.05, 4.69) is 5.18 Å². The molecule has 3 N–H and O–H groups in total. The van der Waals surface area contributed by atoms with Gasteiger partial charge in [-0.25, -0.2) is 0 Å². The summed E-state index contributed by atoms with van der Waals surface area (Å²) in [6, 6.07) is 7.29. The second-order valence-corrected chi connectivity index (χ2v) is 9.41. The van der Waals surface area contributed by atoms with E-state index in [1.54, 1.807) is 18.9 Å². The van der Waals surface area contributed by atoms with Crippen molar-refractivity contribution in [3.8, 4) is 5.75 Å². The van der Waals surface area contributed by atoms with Crippen LogP contribution in [0, 0.1) is 16.7 Å². The molecule has 5 atom stereocenters. The monoisotopic (exact) mass is 453 g/mol. The molecular weight excluding hydrogens is 418 g/mol. The molecule has 0 spiro atoms. The van der Waals surface area contributed by atoms with Crippen LogP contribution in [0.2, 0.25) is 0 Å². The lowest BCUT2D eigenvalue weighted by Crippen LogP contribution is -2.23. The molecule has 0 radical (unpaired) electrons. The summed E-state index contributed by atoms with van der Waals surface area (Å²) < 4.78 is 5.34. The molecule has 7 nitrogen and oxygen atoms in total. The maximum atomic E-state index is 11.3. The third kappa shape index (κ3) is 8.43. The van der Waals surface area contributed by atoms with E-state index in [0.717, 1.165) is 36.3 Å². The molecule has 1 aromatic rings. The summed E-state index contributed by atoms with van der Waals surface area (Å²) in [5.41, 5.74) is 0. The lowest BCUT2D eigenvalue weighted by atomic mass is 9.84. The molecule has 31 heavy (non-hydrogen) atoms. The van der Waals surface area contributed by atoms with Gasteiger partial charge >= 0.3 is 5.97 Å². The van der Waals surface area contributed by atoms with Gasteiger partial charge in [0.05, 0.1) is 25.4 Å². The van der Waals surface area contributed by atoms with Gasteiger partial charge < -0.3 is 20.1 Å². The number of nitrogens with zero attached hydrogens (tertiary/aromatic N) is 1. The first-order valence-corrected chi connectivity index (χ1v) is 12.1. The summed E-state index contributed by atoms with van der Waals surface area (Å²) in [6.07, 6.45) is 4.89. The number of methoxy groups -OCH3 is 1. The Morgan fingerprint density at radius 1 is 1.19 bits per heavy atom. The van der Waals surface area contributed by atoms with Crippen LogP contribution in [0.1, 0.15) is 57.8 Å². The van der Waals surface area contributed by atoms with Gasteiger partial charge in [0.15, 0.2) is 0 Å². The Morgan fingerprint density at radius 2 is 1.94 bits per heavy atom. The number of ether oxygens (including phenoxy) is 1. The van der Waals surface area contributed by atoms with E-state index in [4.69, 9.17) is 9.84 Å². The number of rotatable bonds is 15. The van der Waals surface area contributed by atoms with Gasteiger partial charge in [-0.05, 0) is 56.1 Å². The number of para-hydroxylation sites is 1. The quantitative estimate of drug-likeness (QED) is 0.204. The fraction of sp³-hybridized carbons (Fsp3) is 0.696. The van der Waals surface area contributed by atoms with E-state index >= 15 is 0 Å². The Bertz CT molecular complexity index is 688. The summed E-state index contributed by atoms with van der Waals surface area (Å²) in [7, 11) is 1.63. The summed E-state index contributed by atoms with van der Waals surface area (Å²) in [4.78, 5) is 22.9. The molecule has 0 aliphatic heterocycles. The number of benzene rings is 1. The third-order valence-corrected chi connectivity index (χ3v) is 7.37. The molecule has 1 aliphatic carbocycles. The van der Waals surface area contributed by atoms with Crippen LogP contribution < -0.4 is 4.74 Å². The van der Waals surface area contributed by atoms with Crippen molar-refractivity contribution in [1.29, 1.82) is 0 Å². The average Bonchev–Trinajstić information content (AvgIpc) is 3.07. The highest BCUT2D eigenvalue weighted by molar-refractivity contribution is 7.99. The second kappa shape index (κ2) is 13.7. The number of carboxylic acid groups (broad SMARTS) is 1. The first-order valence-electron chi connectivity index (χ1n) is 11.1. The number of aliphatic hydroxyl groups is 2. The van der Waals surface area contributed by atoms with Crippen LogP contribution in [0.25, 0.3) is 0 Å². The van der Waals surface area contributed by atoms with Crippen molar-refractivity contribution >= 4 is 17.7 Å². The summed E-state index contributed by atoms with van der Waals surface area (Å²) in [6.45, 7) is 0. The van der Waals surface area contributed by atoms with Crippen LogP contribution in [0.5, 0.6) is 5.75 Å². The van der Waals surface area contributed by atoms with Gasteiger partial charge in [-0.15, -0.1) is 11.8 Å². The average molecular weight is 454 g/mol. The van der Waals surface area contributed by atoms with Crippen molar-refractivity contribution in [1.82, 2.24) is 0 Å². The van der Waals surface area contributed by atoms with Crippen LogP contribution >= 0.6 is 11.8 Å². The molecular formula is C23H35NO6S. The van der Waals surface area contributed by atoms with Gasteiger partial charge in [-0.1, -0.05) is 36.6 Å². The predicted molar refractivity (Wildman–Crippen MR) is 121 cm³/mol. The number of carboxylic acids is 1. The van der Waals surface area contributed by atoms with Gasteiger partial charge in [0.2, 0.25) is 0 Å². The second-order valence-electron chi connectivity index (χ2n) is 8.34. The summed E-state index contributed by atoms with van der Waals surface area (Å²) in [5, 5.41) is 32.9. The van der Waals surface area contributed by atoms with Crippen molar-refractivity contribution in [2.75, 3.05) is 12.9 Å². The molecule has 1 saturated carbocycles. The molecule has 0 amide bonds. The Balaban J connectivity index is 1.79. The normalized spacial score (nSPS) is 24.1. The van der Waals surface area contributed by atoms with Crippen LogP contribution in [-0.4, -0.2) is 52.4 Å². The van der Waals surface area contributed by atoms with Crippen molar-refractivity contribution in [2.45, 2.75) is 80.9 Å². The van der Waals surface area contributed by atoms with Crippen molar-refractivity contribution < 1.29 is 24.9 Å². The molecule has 1 aliphatic rings. The topological polar surface area (TPSA) is 116 Å². The number of nitroso groups, excluding NO2 is 1. The molecule has 1 aromatic carbocycles. The number of unbranched alkanes of at least 4 members (excludes halogenated alkanes) is 3. The van der Waals surface area contributed by atoms with E-state index in [-0.39, 0.29) is 18.3 Å². The zero-order chi connectivity index (χ0) is 22.6. The van der Waals surface area contributed by atoms with Crippen LogP contribution in [-0.2, 0) is 4.79 Å². The molecule has 0 heterocycles. The molecule has 0 aromatic heterocycles. The SMILES string of the molecule is COc1ccccc1SC[C@H](O)CC[C@H]1C(N=O)C[C@H](O)[C@@H]1CCCCCCC(=O)O. The Kier molecular flexibility index (Phi) is 11.3. The predicted octanol–water partition coefficient (Wildman–Crippen LogP) is 4.49. The standard InChI is InChI=1S/C23H35NO6S/c1-30-21-9-6-7-10-22(21)31-15-16(25)12-13-17-18(20(26)14-19(17)24-29)8-4-2-3-5-11-23(27)28/h6-7,9-10,16-20,25-26H,2-5,8,11-15H2,1H3,(H,27,28)/t16-,17-,18-,19?,20+/m1/s1. The van der Waals surface area contributed by atoms with Crippen LogP contribution in [0.4, 0.5) is 0 Å². The van der Waals surface area contributed by atoms with E-state index in [1.165, 1.54) is 0 Å². The smallest absolute Gasteiger partial charge is 0.303 e. The van der Waals surface area contributed by atoms with Crippen LogP contribution in [0.15, 0.2) is 34.3 Å². The number of hydrogen-bond acceptors (Lipinski definition) is 7. The van der Waals surface area contributed by atoms with Crippen molar-refractivity contribution in [3.05, 3.63) is 29.2 Å². The minimum Gasteiger partial charge on any atom is -0.496 e. The summed E-state index contributed by atoms with van der Waals surface area (Å²) >= 11 is 1.54. The molecule has 2 rings (SSSR count). The van der Waals surface area contributed by atoms with Crippen molar-refractivity contribution in [3.63, 3.8) is 0 Å². The van der Waals surface area contributed by atoms with Gasteiger partial charge in [0, 0.05) is 17.1 Å². The molecule has 8 heteroatoms. The first kappa shape index (κ1) is 25.6. The zero-order valence-corrected chi connectivity index (χ0v) is 19.0. The Morgan fingerprint density at radius 3 is 2.65 bits per heavy atom. The maximum absolute atomic E-state index is 11.3. The zero-order valence-electron chi connectivity index (χ0n) is 18.2. The molecule has 1 unspecified atom stereocenters. The maximum Gasteiger partial charge on any atom is 0.303 e. The molecule has 0 bridgehead atoms. The highest BCUT2D eigenvalue weighted by Crippen LogP contribution is 2.41. The lowest BCUT2D eigenvalue weighted by Gasteiger charge is -2.24.